The molecule has 2 rings (SSSR count). The Morgan fingerprint density at radius 1 is 1.59 bits per heavy atom. The van der Waals surface area contributed by atoms with E-state index < -0.39 is 0 Å². The largest absolute Gasteiger partial charge is 0.385 e. The Hall–Kier alpha value is -1.32. The van der Waals surface area contributed by atoms with E-state index in [1.165, 1.54) is 6.42 Å². The second-order valence-electron chi connectivity index (χ2n) is 5.39. The van der Waals surface area contributed by atoms with Crippen molar-refractivity contribution in [1.82, 2.24) is 4.90 Å². The molecule has 0 aromatic heterocycles. The fraction of sp³-hybridized carbons (Fsp3) is 0.692. The number of hydrogen-bond acceptors (Lipinski definition) is 2. The molecule has 4 nitrogen and oxygen atoms in total. The van der Waals surface area contributed by atoms with Gasteiger partial charge < -0.3 is 10.6 Å². The van der Waals surface area contributed by atoms with Crippen molar-refractivity contribution in [2.45, 2.75) is 38.6 Å². The van der Waals surface area contributed by atoms with Gasteiger partial charge in [-0.15, -0.1) is 6.58 Å². The molecule has 2 N–H and O–H groups in total. The zero-order chi connectivity index (χ0) is 12.6. The van der Waals surface area contributed by atoms with Crippen LogP contribution < -0.4 is 5.73 Å². The lowest BCUT2D eigenvalue weighted by atomic mass is 9.68. The van der Waals surface area contributed by atoms with Crippen molar-refractivity contribution in [2.75, 3.05) is 6.54 Å². The van der Waals surface area contributed by atoms with Gasteiger partial charge in [0, 0.05) is 6.54 Å². The van der Waals surface area contributed by atoms with Crippen molar-refractivity contribution in [1.29, 1.82) is 0 Å². The molecule has 2 amide bonds. The highest BCUT2D eigenvalue weighted by Gasteiger charge is 2.53. The molecule has 0 bridgehead atoms. The fourth-order valence-electron chi connectivity index (χ4n) is 3.28. The van der Waals surface area contributed by atoms with E-state index in [9.17, 15) is 4.79 Å². The van der Waals surface area contributed by atoms with Gasteiger partial charge in [0.15, 0.2) is 0 Å². The van der Waals surface area contributed by atoms with Gasteiger partial charge in [-0.2, -0.15) is 4.99 Å². The molecular weight excluding hydrogens is 214 g/mol. The van der Waals surface area contributed by atoms with Crippen molar-refractivity contribution < 1.29 is 4.79 Å². The van der Waals surface area contributed by atoms with E-state index in [1.807, 2.05) is 0 Å². The first kappa shape index (κ1) is 12.1. The molecule has 1 fully saturated rings. The lowest BCUT2D eigenvalue weighted by Gasteiger charge is -2.47. The molecule has 0 radical (unpaired) electrons. The van der Waals surface area contributed by atoms with E-state index in [0.717, 1.165) is 12.8 Å². The second-order valence-corrected chi connectivity index (χ2v) is 5.39. The highest BCUT2D eigenvalue weighted by Crippen LogP contribution is 2.43. The van der Waals surface area contributed by atoms with E-state index in [-0.39, 0.29) is 11.6 Å². The van der Waals surface area contributed by atoms with Crippen LogP contribution in [0, 0.1) is 11.8 Å². The molecule has 0 aromatic carbocycles. The van der Waals surface area contributed by atoms with Crippen LogP contribution in [0.15, 0.2) is 17.6 Å². The van der Waals surface area contributed by atoms with Crippen molar-refractivity contribution in [3.63, 3.8) is 0 Å². The molecule has 3 unspecified atom stereocenters. The van der Waals surface area contributed by atoms with Crippen molar-refractivity contribution in [2.24, 2.45) is 22.6 Å². The molecule has 1 aliphatic carbocycles. The average molecular weight is 235 g/mol. The summed E-state index contributed by atoms with van der Waals surface area (Å²) in [5.41, 5.74) is 5.70. The molecule has 3 atom stereocenters. The van der Waals surface area contributed by atoms with Gasteiger partial charge in [0.1, 0.15) is 11.4 Å². The molecule has 0 saturated heterocycles. The SMILES string of the molecule is C=CCN1C(=O)N=C(N)C12CC(C)CCC2C. The first-order chi connectivity index (χ1) is 8.02. The van der Waals surface area contributed by atoms with Crippen LogP contribution in [-0.2, 0) is 0 Å². The molecule has 1 heterocycles. The van der Waals surface area contributed by atoms with E-state index in [1.54, 1.807) is 11.0 Å². The Kier molecular flexibility index (Phi) is 2.98. The number of hydrogen-bond donors (Lipinski definition) is 1. The van der Waals surface area contributed by atoms with Crippen molar-refractivity contribution in [3.05, 3.63) is 12.7 Å². The monoisotopic (exact) mass is 235 g/mol. The number of urea groups is 1. The normalized spacial score (nSPS) is 37.4. The molecule has 2 aliphatic rings. The number of rotatable bonds is 2. The maximum Gasteiger partial charge on any atom is 0.346 e. The lowest BCUT2D eigenvalue weighted by molar-refractivity contribution is 0.0891. The van der Waals surface area contributed by atoms with Crippen LogP contribution >= 0.6 is 0 Å². The lowest BCUT2D eigenvalue weighted by Crippen LogP contribution is -2.60. The van der Waals surface area contributed by atoms with Crippen LogP contribution in [0.4, 0.5) is 4.79 Å². The van der Waals surface area contributed by atoms with E-state index in [0.29, 0.717) is 24.2 Å². The van der Waals surface area contributed by atoms with Gasteiger partial charge in [0.2, 0.25) is 0 Å². The predicted octanol–water partition coefficient (Wildman–Crippen LogP) is 2.16. The minimum Gasteiger partial charge on any atom is -0.385 e. The van der Waals surface area contributed by atoms with Gasteiger partial charge in [-0.05, 0) is 24.7 Å². The number of aliphatic imine (C=N–C) groups is 1. The number of carbonyl (C=O) groups excluding carboxylic acids is 1. The summed E-state index contributed by atoms with van der Waals surface area (Å²) in [5, 5.41) is 0. The summed E-state index contributed by atoms with van der Waals surface area (Å²) in [5.74, 6) is 1.45. The fourth-order valence-corrected chi connectivity index (χ4v) is 3.28. The van der Waals surface area contributed by atoms with Crippen LogP contribution in [0.3, 0.4) is 0 Å². The molecule has 1 aliphatic heterocycles. The van der Waals surface area contributed by atoms with Gasteiger partial charge in [-0.1, -0.05) is 26.3 Å². The second kappa shape index (κ2) is 4.17. The summed E-state index contributed by atoms with van der Waals surface area (Å²) in [6.07, 6.45) is 4.97. The smallest absolute Gasteiger partial charge is 0.346 e. The van der Waals surface area contributed by atoms with Crippen LogP contribution in [-0.4, -0.2) is 28.9 Å². The Bertz CT molecular complexity index is 377. The quantitative estimate of drug-likeness (QED) is 0.746. The Morgan fingerprint density at radius 3 is 2.94 bits per heavy atom. The van der Waals surface area contributed by atoms with Gasteiger partial charge >= 0.3 is 6.03 Å². The highest BCUT2D eigenvalue weighted by atomic mass is 16.2. The maximum absolute atomic E-state index is 11.9. The molecule has 94 valence electrons. The molecule has 0 aromatic rings. The summed E-state index contributed by atoms with van der Waals surface area (Å²) in [6, 6.07) is -0.205. The van der Waals surface area contributed by atoms with Gasteiger partial charge in [0.05, 0.1) is 0 Å². The third-order valence-electron chi connectivity index (χ3n) is 4.25. The predicted molar refractivity (Wildman–Crippen MR) is 68.8 cm³/mol. The van der Waals surface area contributed by atoms with Gasteiger partial charge in [-0.3, -0.25) is 0 Å². The summed E-state index contributed by atoms with van der Waals surface area (Å²) < 4.78 is 0. The van der Waals surface area contributed by atoms with Gasteiger partial charge in [0.25, 0.3) is 0 Å². The number of amidine groups is 1. The van der Waals surface area contributed by atoms with Crippen molar-refractivity contribution in [3.8, 4) is 0 Å². The standard InChI is InChI=1S/C13H21N3O/c1-4-7-16-12(17)15-11(14)13(16)8-9(2)5-6-10(13)3/h4,9-10H,1,5-8H2,2-3H3,(H2,14,15,17). The first-order valence-electron chi connectivity index (χ1n) is 6.29. The van der Waals surface area contributed by atoms with Crippen LogP contribution in [0.2, 0.25) is 0 Å². The van der Waals surface area contributed by atoms with Crippen LogP contribution in [0.1, 0.15) is 33.1 Å². The number of amides is 2. The van der Waals surface area contributed by atoms with Crippen molar-refractivity contribution >= 4 is 11.9 Å². The number of nitrogens with zero attached hydrogens (tertiary/aromatic N) is 2. The summed E-state index contributed by atoms with van der Waals surface area (Å²) in [7, 11) is 0. The molecule has 1 saturated carbocycles. The summed E-state index contributed by atoms with van der Waals surface area (Å²) in [4.78, 5) is 17.7. The number of carbonyl (C=O) groups is 1. The maximum atomic E-state index is 11.9. The van der Waals surface area contributed by atoms with Gasteiger partial charge in [-0.25, -0.2) is 4.79 Å². The molecule has 17 heavy (non-hydrogen) atoms. The first-order valence-corrected chi connectivity index (χ1v) is 6.29. The Labute approximate surface area is 103 Å². The summed E-state index contributed by atoms with van der Waals surface area (Å²) >= 11 is 0. The Morgan fingerprint density at radius 2 is 2.29 bits per heavy atom. The van der Waals surface area contributed by atoms with E-state index in [2.05, 4.69) is 25.4 Å². The topological polar surface area (TPSA) is 58.7 Å². The average Bonchev–Trinajstić information content (AvgIpc) is 2.50. The van der Waals surface area contributed by atoms with E-state index in [4.69, 9.17) is 5.73 Å². The zero-order valence-electron chi connectivity index (χ0n) is 10.6. The van der Waals surface area contributed by atoms with E-state index >= 15 is 0 Å². The van der Waals surface area contributed by atoms with Crippen LogP contribution in [0.5, 0.6) is 0 Å². The van der Waals surface area contributed by atoms with Crippen LogP contribution in [0.25, 0.3) is 0 Å². The molecule has 1 spiro atoms. The zero-order valence-corrected chi connectivity index (χ0v) is 10.6. The summed E-state index contributed by atoms with van der Waals surface area (Å²) in [6.45, 7) is 8.64. The number of nitrogens with two attached hydrogens (primary N) is 1. The molecular formula is C13H21N3O. The minimum atomic E-state index is -0.358. The molecule has 4 heteroatoms. The third-order valence-corrected chi connectivity index (χ3v) is 4.25. The Balaban J connectivity index is 2.39. The minimum absolute atomic E-state index is 0.205. The highest BCUT2D eigenvalue weighted by molar-refractivity contribution is 6.06. The third kappa shape index (κ3) is 1.66.